The number of aryl methyl sites for hydroxylation is 1. The summed E-state index contributed by atoms with van der Waals surface area (Å²) >= 11 is 2.22. The molecular formula is C18H22FINO3P. The maximum absolute atomic E-state index is 14.4. The van der Waals surface area contributed by atoms with Crippen LogP contribution < -0.4 is 5.32 Å². The Kier molecular flexibility index (Phi) is 7.43. The third-order valence-corrected chi connectivity index (χ3v) is 6.56. The summed E-state index contributed by atoms with van der Waals surface area (Å²) < 4.78 is 39.9. The van der Waals surface area contributed by atoms with Crippen LogP contribution in [0.2, 0.25) is 0 Å². The highest BCUT2D eigenvalue weighted by molar-refractivity contribution is 14.1. The average Bonchev–Trinajstić information content (AvgIpc) is 2.55. The molecule has 0 heterocycles. The van der Waals surface area contributed by atoms with Crippen molar-refractivity contribution in [3.05, 3.63) is 63.0 Å². The first-order chi connectivity index (χ1) is 11.9. The predicted octanol–water partition coefficient (Wildman–Crippen LogP) is 6.12. The minimum atomic E-state index is -3.63. The van der Waals surface area contributed by atoms with Crippen molar-refractivity contribution in [2.45, 2.75) is 26.6 Å². The van der Waals surface area contributed by atoms with E-state index in [2.05, 4.69) is 27.9 Å². The summed E-state index contributed by atoms with van der Waals surface area (Å²) in [6, 6.07) is 12.0. The summed E-state index contributed by atoms with van der Waals surface area (Å²) in [4.78, 5) is 0. The highest BCUT2D eigenvalue weighted by Gasteiger charge is 2.38. The van der Waals surface area contributed by atoms with Gasteiger partial charge in [0.25, 0.3) is 0 Å². The molecule has 4 nitrogen and oxygen atoms in total. The largest absolute Gasteiger partial charge is 0.368 e. The molecule has 1 atom stereocenters. The fourth-order valence-corrected chi connectivity index (χ4v) is 5.09. The molecule has 7 heteroatoms. The summed E-state index contributed by atoms with van der Waals surface area (Å²) in [5.74, 6) is -1.39. The first-order valence-electron chi connectivity index (χ1n) is 8.07. The molecule has 0 saturated heterocycles. The molecule has 0 aliphatic rings. The fraction of sp³-hybridized carbons (Fsp3) is 0.333. The van der Waals surface area contributed by atoms with Crippen molar-refractivity contribution in [2.75, 3.05) is 18.5 Å². The van der Waals surface area contributed by atoms with Gasteiger partial charge < -0.3 is 14.4 Å². The molecule has 0 bridgehead atoms. The van der Waals surface area contributed by atoms with Gasteiger partial charge in [0.15, 0.2) is 5.78 Å². The van der Waals surface area contributed by atoms with Gasteiger partial charge in [-0.15, -0.1) is 0 Å². The molecule has 0 fully saturated rings. The van der Waals surface area contributed by atoms with Gasteiger partial charge >= 0.3 is 7.60 Å². The Bertz CT molecular complexity index is 762. The van der Waals surface area contributed by atoms with E-state index < -0.39 is 19.2 Å². The Labute approximate surface area is 161 Å². The molecule has 0 spiro atoms. The fourth-order valence-electron chi connectivity index (χ4n) is 2.51. The van der Waals surface area contributed by atoms with E-state index >= 15 is 0 Å². The lowest BCUT2D eigenvalue weighted by Gasteiger charge is -2.29. The number of halogens is 2. The molecule has 0 aromatic heterocycles. The second kappa shape index (κ2) is 9.12. The summed E-state index contributed by atoms with van der Waals surface area (Å²) in [6.07, 6.45) is 0. The predicted molar refractivity (Wildman–Crippen MR) is 108 cm³/mol. The Hall–Kier alpha value is -0.950. The van der Waals surface area contributed by atoms with Gasteiger partial charge in [0, 0.05) is 14.8 Å². The Morgan fingerprint density at radius 3 is 2.36 bits per heavy atom. The standard InChI is InChI=1S/C18H22FINO3P/c1-4-23-25(22,24-5-2)18(15-8-6-7-9-16(15)19)21-17-11-10-14(20)12-13(17)3/h6-12,18,21H,4-5H2,1-3H3. The van der Waals surface area contributed by atoms with Gasteiger partial charge in [-0.05, 0) is 73.2 Å². The zero-order chi connectivity index (χ0) is 18.4. The van der Waals surface area contributed by atoms with Gasteiger partial charge in [-0.1, -0.05) is 18.2 Å². The molecule has 136 valence electrons. The van der Waals surface area contributed by atoms with E-state index in [0.29, 0.717) is 0 Å². The van der Waals surface area contributed by atoms with Crippen LogP contribution in [0.4, 0.5) is 10.1 Å². The van der Waals surface area contributed by atoms with Crippen molar-refractivity contribution >= 4 is 35.9 Å². The van der Waals surface area contributed by atoms with Gasteiger partial charge in [0.2, 0.25) is 0 Å². The lowest BCUT2D eigenvalue weighted by atomic mass is 10.1. The van der Waals surface area contributed by atoms with Crippen molar-refractivity contribution in [2.24, 2.45) is 0 Å². The van der Waals surface area contributed by atoms with Crippen molar-refractivity contribution < 1.29 is 18.0 Å². The second-order valence-corrected chi connectivity index (χ2v) is 8.76. The zero-order valence-corrected chi connectivity index (χ0v) is 17.5. The topological polar surface area (TPSA) is 47.6 Å². The van der Waals surface area contributed by atoms with Gasteiger partial charge in [0.05, 0.1) is 13.2 Å². The maximum atomic E-state index is 14.4. The van der Waals surface area contributed by atoms with Crippen LogP contribution in [-0.2, 0) is 13.6 Å². The third kappa shape index (κ3) is 5.03. The molecule has 0 saturated carbocycles. The Morgan fingerprint density at radius 1 is 1.16 bits per heavy atom. The molecule has 0 aliphatic heterocycles. The van der Waals surface area contributed by atoms with E-state index in [9.17, 15) is 8.96 Å². The van der Waals surface area contributed by atoms with E-state index in [4.69, 9.17) is 9.05 Å². The molecule has 2 aromatic carbocycles. The van der Waals surface area contributed by atoms with Crippen LogP contribution >= 0.6 is 30.2 Å². The van der Waals surface area contributed by atoms with E-state index in [1.165, 1.54) is 6.07 Å². The van der Waals surface area contributed by atoms with Gasteiger partial charge in [-0.25, -0.2) is 4.39 Å². The van der Waals surface area contributed by atoms with Crippen LogP contribution in [-0.4, -0.2) is 13.2 Å². The molecular weight excluding hydrogens is 455 g/mol. The minimum Gasteiger partial charge on any atom is -0.368 e. The molecule has 0 radical (unpaired) electrons. The van der Waals surface area contributed by atoms with Crippen LogP contribution in [0.5, 0.6) is 0 Å². The van der Waals surface area contributed by atoms with Crippen molar-refractivity contribution in [3.63, 3.8) is 0 Å². The van der Waals surface area contributed by atoms with Crippen molar-refractivity contribution in [1.29, 1.82) is 0 Å². The van der Waals surface area contributed by atoms with Crippen LogP contribution in [0.1, 0.15) is 30.8 Å². The SMILES string of the molecule is CCOP(=O)(OCC)C(Nc1ccc(I)cc1C)c1ccccc1F. The summed E-state index contributed by atoms with van der Waals surface area (Å²) in [7, 11) is -3.63. The van der Waals surface area contributed by atoms with E-state index in [-0.39, 0.29) is 18.8 Å². The normalized spacial score (nSPS) is 12.8. The third-order valence-electron chi connectivity index (χ3n) is 3.61. The number of rotatable bonds is 8. The summed E-state index contributed by atoms with van der Waals surface area (Å²) in [5, 5.41) is 3.19. The molecule has 0 aliphatic carbocycles. The first kappa shape index (κ1) is 20.4. The van der Waals surface area contributed by atoms with Gasteiger partial charge in [-0.2, -0.15) is 0 Å². The number of hydrogen-bond donors (Lipinski definition) is 1. The van der Waals surface area contributed by atoms with Gasteiger partial charge in [0.1, 0.15) is 5.82 Å². The molecule has 1 unspecified atom stereocenters. The average molecular weight is 477 g/mol. The van der Waals surface area contributed by atoms with Crippen LogP contribution in [0.15, 0.2) is 42.5 Å². The van der Waals surface area contributed by atoms with Crippen molar-refractivity contribution in [1.82, 2.24) is 0 Å². The Balaban J connectivity index is 2.52. The lowest BCUT2D eigenvalue weighted by Crippen LogP contribution is -2.17. The van der Waals surface area contributed by atoms with E-state index in [1.54, 1.807) is 32.0 Å². The smallest absolute Gasteiger partial charge is 0.357 e. The number of benzene rings is 2. The van der Waals surface area contributed by atoms with Crippen molar-refractivity contribution in [3.8, 4) is 0 Å². The highest BCUT2D eigenvalue weighted by Crippen LogP contribution is 2.61. The lowest BCUT2D eigenvalue weighted by molar-refractivity contribution is 0.213. The summed E-state index contributed by atoms with van der Waals surface area (Å²) in [5.41, 5.74) is 1.98. The quantitative estimate of drug-likeness (QED) is 0.368. The first-order valence-corrected chi connectivity index (χ1v) is 10.8. The van der Waals surface area contributed by atoms with Crippen LogP contribution in [0, 0.1) is 16.3 Å². The maximum Gasteiger partial charge on any atom is 0.357 e. The number of anilines is 1. The number of nitrogens with one attached hydrogen (secondary N) is 1. The van der Waals surface area contributed by atoms with Gasteiger partial charge in [-0.3, -0.25) is 4.57 Å². The zero-order valence-electron chi connectivity index (χ0n) is 14.5. The molecule has 2 rings (SSSR count). The molecule has 0 amide bonds. The molecule has 2 aromatic rings. The van der Waals surface area contributed by atoms with E-state index in [1.807, 2.05) is 25.1 Å². The minimum absolute atomic E-state index is 0.204. The second-order valence-electron chi connectivity index (χ2n) is 5.40. The van der Waals surface area contributed by atoms with Crippen LogP contribution in [0.3, 0.4) is 0 Å². The van der Waals surface area contributed by atoms with Crippen LogP contribution in [0.25, 0.3) is 0 Å². The number of hydrogen-bond acceptors (Lipinski definition) is 4. The monoisotopic (exact) mass is 477 g/mol. The highest BCUT2D eigenvalue weighted by atomic mass is 127. The molecule has 25 heavy (non-hydrogen) atoms. The summed E-state index contributed by atoms with van der Waals surface area (Å²) in [6.45, 7) is 5.82. The molecule has 1 N–H and O–H groups in total. The Morgan fingerprint density at radius 2 is 1.80 bits per heavy atom. The van der Waals surface area contributed by atoms with E-state index in [0.717, 1.165) is 14.8 Å².